The van der Waals surface area contributed by atoms with Crippen molar-refractivity contribution in [1.29, 1.82) is 0 Å². The van der Waals surface area contributed by atoms with E-state index in [1.54, 1.807) is 13.8 Å². The fraction of sp³-hybridized carbons (Fsp3) is 0.579. The van der Waals surface area contributed by atoms with E-state index in [2.05, 4.69) is 17.2 Å². The van der Waals surface area contributed by atoms with Gasteiger partial charge in [-0.2, -0.15) is 0 Å². The number of aryl methyl sites for hydroxylation is 1. The zero-order chi connectivity index (χ0) is 19.6. The summed E-state index contributed by atoms with van der Waals surface area (Å²) < 4.78 is 6.34. The van der Waals surface area contributed by atoms with E-state index in [9.17, 15) is 14.4 Å². The van der Waals surface area contributed by atoms with Crippen molar-refractivity contribution in [2.45, 2.75) is 59.0 Å². The van der Waals surface area contributed by atoms with Crippen molar-refractivity contribution in [2.24, 2.45) is 5.92 Å². The smallest absolute Gasteiger partial charge is 0.348 e. The lowest BCUT2D eigenvalue weighted by molar-refractivity contribution is -0.123. The highest BCUT2D eigenvalue weighted by Crippen LogP contribution is 2.27. The molecule has 1 N–H and O–H groups in total. The van der Waals surface area contributed by atoms with Crippen LogP contribution in [0.25, 0.3) is 10.2 Å². The maximum absolute atomic E-state index is 12.8. The summed E-state index contributed by atoms with van der Waals surface area (Å²) >= 11 is 1.14. The Hall–Kier alpha value is -2.22. The first-order valence-corrected chi connectivity index (χ1v) is 10.2. The van der Waals surface area contributed by atoms with E-state index in [1.807, 2.05) is 0 Å². The fourth-order valence-corrected chi connectivity index (χ4v) is 4.63. The third-order valence-corrected chi connectivity index (χ3v) is 6.33. The third kappa shape index (κ3) is 4.05. The first-order chi connectivity index (χ1) is 12.9. The Morgan fingerprint density at radius 3 is 2.81 bits per heavy atom. The first-order valence-electron chi connectivity index (χ1n) is 9.37. The van der Waals surface area contributed by atoms with Gasteiger partial charge >= 0.3 is 5.97 Å². The Bertz CT molecular complexity index is 918. The summed E-state index contributed by atoms with van der Waals surface area (Å²) in [6.45, 7) is 5.79. The summed E-state index contributed by atoms with van der Waals surface area (Å²) in [5.74, 6) is -0.185. The maximum atomic E-state index is 12.8. The van der Waals surface area contributed by atoms with Gasteiger partial charge in [-0.05, 0) is 38.2 Å². The fourth-order valence-electron chi connectivity index (χ4n) is 3.60. The molecule has 2 aromatic heterocycles. The van der Waals surface area contributed by atoms with Gasteiger partial charge in [-0.1, -0.05) is 19.8 Å². The number of esters is 1. The molecule has 2 atom stereocenters. The Labute approximate surface area is 161 Å². The van der Waals surface area contributed by atoms with Gasteiger partial charge in [-0.3, -0.25) is 14.2 Å². The van der Waals surface area contributed by atoms with Crippen LogP contribution < -0.4 is 10.9 Å². The van der Waals surface area contributed by atoms with Crippen LogP contribution in [-0.4, -0.2) is 34.1 Å². The molecule has 3 rings (SSSR count). The minimum absolute atomic E-state index is 0.0744. The van der Waals surface area contributed by atoms with Crippen LogP contribution in [0.5, 0.6) is 0 Å². The molecule has 2 aromatic rings. The highest BCUT2D eigenvalue weighted by atomic mass is 32.1. The van der Waals surface area contributed by atoms with Crippen LogP contribution in [0.3, 0.4) is 0 Å². The molecule has 1 aliphatic rings. The molecule has 0 bridgehead atoms. The van der Waals surface area contributed by atoms with Gasteiger partial charge in [0.1, 0.15) is 16.3 Å². The van der Waals surface area contributed by atoms with Gasteiger partial charge < -0.3 is 10.1 Å². The first kappa shape index (κ1) is 19.5. The minimum Gasteiger partial charge on any atom is -0.462 e. The van der Waals surface area contributed by atoms with Gasteiger partial charge in [0.25, 0.3) is 5.56 Å². The molecule has 1 amide bonds. The minimum atomic E-state index is -0.451. The topological polar surface area (TPSA) is 90.3 Å². The summed E-state index contributed by atoms with van der Waals surface area (Å²) in [5.41, 5.74) is 0.248. The number of nitrogens with one attached hydrogen (secondary N) is 1. The van der Waals surface area contributed by atoms with E-state index in [1.165, 1.54) is 17.3 Å². The molecule has 0 spiro atoms. The second-order valence-corrected chi connectivity index (χ2v) is 8.07. The number of fused-ring (bicyclic) bond motifs is 1. The highest BCUT2D eigenvalue weighted by molar-refractivity contribution is 7.20. The SMILES string of the molecule is CCOC(=O)c1sc2ncn(CC(=O)N[C@H]3CCCC[C@@H]3C)c(=O)c2c1C. The Balaban J connectivity index is 1.82. The van der Waals surface area contributed by atoms with Crippen LogP contribution in [0.2, 0.25) is 0 Å². The van der Waals surface area contributed by atoms with Crippen LogP contribution >= 0.6 is 11.3 Å². The van der Waals surface area contributed by atoms with E-state index in [-0.39, 0.29) is 30.7 Å². The summed E-state index contributed by atoms with van der Waals surface area (Å²) in [5, 5.41) is 3.43. The molecule has 0 saturated heterocycles. The van der Waals surface area contributed by atoms with Gasteiger partial charge in [0.05, 0.1) is 18.3 Å². The average Bonchev–Trinajstić information content (AvgIpc) is 2.97. The predicted molar refractivity (Wildman–Crippen MR) is 104 cm³/mol. The number of aromatic nitrogens is 2. The van der Waals surface area contributed by atoms with Crippen molar-refractivity contribution < 1.29 is 14.3 Å². The van der Waals surface area contributed by atoms with Crippen molar-refractivity contribution in [3.05, 3.63) is 27.1 Å². The van der Waals surface area contributed by atoms with Gasteiger partial charge in [0, 0.05) is 6.04 Å². The molecular formula is C19H25N3O4S. The molecule has 1 fully saturated rings. The monoisotopic (exact) mass is 391 g/mol. The molecule has 0 unspecified atom stereocenters. The molecule has 146 valence electrons. The van der Waals surface area contributed by atoms with Crippen molar-refractivity contribution in [1.82, 2.24) is 14.9 Å². The van der Waals surface area contributed by atoms with E-state index in [4.69, 9.17) is 4.74 Å². The molecule has 0 aliphatic heterocycles. The number of ether oxygens (including phenoxy) is 1. The summed E-state index contributed by atoms with van der Waals surface area (Å²) in [7, 11) is 0. The van der Waals surface area contributed by atoms with Crippen molar-refractivity contribution in [2.75, 3.05) is 6.61 Å². The second-order valence-electron chi connectivity index (χ2n) is 7.07. The van der Waals surface area contributed by atoms with Crippen LogP contribution in [0.15, 0.2) is 11.1 Å². The molecule has 2 heterocycles. The van der Waals surface area contributed by atoms with Crippen LogP contribution in [0, 0.1) is 12.8 Å². The van der Waals surface area contributed by atoms with Gasteiger partial charge in [0.15, 0.2) is 0 Å². The summed E-state index contributed by atoms with van der Waals surface area (Å²) in [4.78, 5) is 42.5. The van der Waals surface area contributed by atoms with Gasteiger partial charge in [-0.25, -0.2) is 9.78 Å². The van der Waals surface area contributed by atoms with Crippen molar-refractivity contribution in [3.8, 4) is 0 Å². The molecule has 0 aromatic carbocycles. The number of hydrogen-bond donors (Lipinski definition) is 1. The lowest BCUT2D eigenvalue weighted by Gasteiger charge is -2.29. The number of thiophene rings is 1. The van der Waals surface area contributed by atoms with E-state index >= 15 is 0 Å². The highest BCUT2D eigenvalue weighted by Gasteiger charge is 2.24. The van der Waals surface area contributed by atoms with Crippen LogP contribution in [0.4, 0.5) is 0 Å². The maximum Gasteiger partial charge on any atom is 0.348 e. The quantitative estimate of drug-likeness (QED) is 0.792. The predicted octanol–water partition coefficient (Wildman–Crippen LogP) is 2.64. The van der Waals surface area contributed by atoms with E-state index in [0.717, 1.165) is 30.6 Å². The zero-order valence-corrected chi connectivity index (χ0v) is 16.7. The molecular weight excluding hydrogens is 366 g/mol. The molecule has 1 saturated carbocycles. The van der Waals surface area contributed by atoms with Crippen LogP contribution in [-0.2, 0) is 16.1 Å². The standard InChI is InChI=1S/C19H25N3O4S/c1-4-26-19(25)16-12(3)15-17(27-16)20-10-22(18(15)24)9-14(23)21-13-8-6-5-7-11(13)2/h10-11,13H,4-9H2,1-3H3,(H,21,23)/t11-,13-/m0/s1. The molecule has 8 heteroatoms. The average molecular weight is 391 g/mol. The van der Waals surface area contributed by atoms with E-state index in [0.29, 0.717) is 26.6 Å². The van der Waals surface area contributed by atoms with Crippen molar-refractivity contribution >= 4 is 33.4 Å². The Kier molecular flexibility index (Phi) is 5.94. The normalized spacial score (nSPS) is 19.8. The van der Waals surface area contributed by atoms with Gasteiger partial charge in [-0.15, -0.1) is 11.3 Å². The number of nitrogens with zero attached hydrogens (tertiary/aromatic N) is 2. The lowest BCUT2D eigenvalue weighted by atomic mass is 9.86. The molecule has 0 radical (unpaired) electrons. The number of hydrogen-bond acceptors (Lipinski definition) is 6. The third-order valence-electron chi connectivity index (χ3n) is 5.15. The lowest BCUT2D eigenvalue weighted by Crippen LogP contribution is -2.43. The largest absolute Gasteiger partial charge is 0.462 e. The Morgan fingerprint density at radius 2 is 2.11 bits per heavy atom. The summed E-state index contributed by atoms with van der Waals surface area (Å²) in [6.07, 6.45) is 5.79. The van der Waals surface area contributed by atoms with Crippen LogP contribution in [0.1, 0.15) is 54.8 Å². The summed E-state index contributed by atoms with van der Waals surface area (Å²) in [6, 6.07) is 0.164. The van der Waals surface area contributed by atoms with E-state index < -0.39 is 5.97 Å². The number of carbonyl (C=O) groups excluding carboxylic acids is 2. The van der Waals surface area contributed by atoms with Crippen molar-refractivity contribution in [3.63, 3.8) is 0 Å². The number of carbonyl (C=O) groups is 2. The molecule has 27 heavy (non-hydrogen) atoms. The second kappa shape index (κ2) is 8.21. The zero-order valence-electron chi connectivity index (χ0n) is 15.9. The Morgan fingerprint density at radius 1 is 1.37 bits per heavy atom. The van der Waals surface area contributed by atoms with Gasteiger partial charge in [0.2, 0.25) is 5.91 Å². The molecule has 1 aliphatic carbocycles. The molecule has 7 nitrogen and oxygen atoms in total. The number of rotatable bonds is 5. The number of amides is 1.